The van der Waals surface area contributed by atoms with Crippen molar-refractivity contribution in [3.8, 4) is 0 Å². The first kappa shape index (κ1) is 12.5. The molecule has 1 saturated carbocycles. The van der Waals surface area contributed by atoms with Gasteiger partial charge in [-0.15, -0.1) is 0 Å². The Morgan fingerprint density at radius 3 is 3.11 bits per heavy atom. The molecular formula is C14H16N2O2S. The average molecular weight is 276 g/mol. The molecule has 0 spiro atoms. The second kappa shape index (κ2) is 4.89. The Morgan fingerprint density at radius 2 is 2.32 bits per heavy atom. The number of imidazole rings is 1. The number of aliphatic carboxylic acids is 1. The monoisotopic (exact) mass is 276 g/mol. The number of carbonyl (C=O) groups is 1. The first-order valence-corrected chi connectivity index (χ1v) is 7.37. The third kappa shape index (κ3) is 2.47. The lowest BCUT2D eigenvalue weighted by molar-refractivity contribution is -0.141. The molecule has 2 atom stereocenters. The number of H-pyrrole nitrogens is 1. The number of aromatic nitrogens is 2. The number of hydrogen-bond acceptors (Lipinski definition) is 3. The maximum Gasteiger partial charge on any atom is 0.307 e. The van der Waals surface area contributed by atoms with Gasteiger partial charge >= 0.3 is 5.97 Å². The molecule has 0 aliphatic heterocycles. The van der Waals surface area contributed by atoms with Gasteiger partial charge in [-0.25, -0.2) is 4.98 Å². The predicted octanol–water partition coefficient (Wildman–Crippen LogP) is 3.22. The summed E-state index contributed by atoms with van der Waals surface area (Å²) in [7, 11) is 0. The van der Waals surface area contributed by atoms with Gasteiger partial charge in [0, 0.05) is 5.25 Å². The molecule has 0 amide bonds. The van der Waals surface area contributed by atoms with Crippen LogP contribution in [0, 0.1) is 12.8 Å². The zero-order chi connectivity index (χ0) is 13.4. The third-order valence-corrected chi connectivity index (χ3v) is 4.93. The van der Waals surface area contributed by atoms with E-state index >= 15 is 0 Å². The van der Waals surface area contributed by atoms with Crippen molar-refractivity contribution in [3.05, 3.63) is 23.8 Å². The van der Waals surface area contributed by atoms with Gasteiger partial charge in [0.2, 0.25) is 0 Å². The number of fused-ring (bicyclic) bond motifs is 1. The lowest BCUT2D eigenvalue weighted by Gasteiger charge is -2.12. The zero-order valence-electron chi connectivity index (χ0n) is 10.7. The summed E-state index contributed by atoms with van der Waals surface area (Å²) < 4.78 is 0. The van der Waals surface area contributed by atoms with Gasteiger partial charge in [0.25, 0.3) is 0 Å². The fraction of sp³-hybridized carbons (Fsp3) is 0.429. The Balaban J connectivity index is 1.83. The standard InChI is InChI=1S/C14H16N2O2S/c1-8-5-6-10-11(7-8)16-14(15-10)19-12-4-2-3-9(12)13(17)18/h5-7,9,12H,2-4H2,1H3,(H,15,16)(H,17,18). The van der Waals surface area contributed by atoms with Crippen molar-refractivity contribution >= 4 is 28.8 Å². The number of rotatable bonds is 3. The van der Waals surface area contributed by atoms with Gasteiger partial charge < -0.3 is 10.1 Å². The molecule has 0 bridgehead atoms. The Morgan fingerprint density at radius 1 is 1.47 bits per heavy atom. The minimum absolute atomic E-state index is 0.138. The van der Waals surface area contributed by atoms with Crippen LogP contribution >= 0.6 is 11.8 Å². The first-order chi connectivity index (χ1) is 9.13. The fourth-order valence-corrected chi connectivity index (χ4v) is 3.96. The Labute approximate surface area is 115 Å². The molecular weight excluding hydrogens is 260 g/mol. The van der Waals surface area contributed by atoms with Crippen LogP contribution in [0.2, 0.25) is 0 Å². The molecule has 19 heavy (non-hydrogen) atoms. The number of nitrogens with one attached hydrogen (secondary N) is 1. The number of carboxylic acids is 1. The van der Waals surface area contributed by atoms with E-state index in [0.717, 1.165) is 35.5 Å². The Bertz CT molecular complexity index is 623. The molecule has 5 heteroatoms. The van der Waals surface area contributed by atoms with Crippen LogP contribution in [0.5, 0.6) is 0 Å². The average Bonchev–Trinajstić information content (AvgIpc) is 2.95. The number of thioether (sulfide) groups is 1. The molecule has 1 aliphatic rings. The van der Waals surface area contributed by atoms with E-state index in [1.54, 1.807) is 11.8 Å². The van der Waals surface area contributed by atoms with E-state index < -0.39 is 5.97 Å². The van der Waals surface area contributed by atoms with Gasteiger partial charge in [-0.1, -0.05) is 24.2 Å². The van der Waals surface area contributed by atoms with E-state index in [4.69, 9.17) is 0 Å². The summed E-state index contributed by atoms with van der Waals surface area (Å²) in [5.41, 5.74) is 3.15. The summed E-state index contributed by atoms with van der Waals surface area (Å²) in [6, 6.07) is 6.09. The highest BCUT2D eigenvalue weighted by molar-refractivity contribution is 7.99. The third-order valence-electron chi connectivity index (χ3n) is 3.65. The fourth-order valence-electron chi connectivity index (χ4n) is 2.65. The first-order valence-electron chi connectivity index (χ1n) is 6.49. The van der Waals surface area contributed by atoms with E-state index in [1.807, 2.05) is 19.1 Å². The second-order valence-electron chi connectivity index (χ2n) is 5.09. The van der Waals surface area contributed by atoms with E-state index in [2.05, 4.69) is 16.0 Å². The highest BCUT2D eigenvalue weighted by atomic mass is 32.2. The zero-order valence-corrected chi connectivity index (χ0v) is 11.5. The van der Waals surface area contributed by atoms with E-state index in [0.29, 0.717) is 0 Å². The van der Waals surface area contributed by atoms with Crippen LogP contribution < -0.4 is 0 Å². The van der Waals surface area contributed by atoms with Crippen molar-refractivity contribution in [3.63, 3.8) is 0 Å². The van der Waals surface area contributed by atoms with Gasteiger partial charge in [0.15, 0.2) is 5.16 Å². The summed E-state index contributed by atoms with van der Waals surface area (Å²) >= 11 is 1.57. The number of aromatic amines is 1. The van der Waals surface area contributed by atoms with Crippen molar-refractivity contribution in [2.24, 2.45) is 5.92 Å². The maximum atomic E-state index is 11.2. The van der Waals surface area contributed by atoms with Crippen LogP contribution in [-0.4, -0.2) is 26.3 Å². The molecule has 1 aromatic heterocycles. The van der Waals surface area contributed by atoms with E-state index in [9.17, 15) is 9.90 Å². The summed E-state index contributed by atoms with van der Waals surface area (Å²) in [4.78, 5) is 19.0. The molecule has 0 radical (unpaired) electrons. The topological polar surface area (TPSA) is 66.0 Å². The molecule has 4 nitrogen and oxygen atoms in total. The number of hydrogen-bond donors (Lipinski definition) is 2. The van der Waals surface area contributed by atoms with Crippen molar-refractivity contribution < 1.29 is 9.90 Å². The smallest absolute Gasteiger partial charge is 0.307 e. The maximum absolute atomic E-state index is 11.2. The SMILES string of the molecule is Cc1ccc2nc(SC3CCCC3C(=O)O)[nH]c2c1. The molecule has 3 rings (SSSR count). The number of nitrogens with zero attached hydrogens (tertiary/aromatic N) is 1. The van der Waals surface area contributed by atoms with Crippen LogP contribution in [0.4, 0.5) is 0 Å². The van der Waals surface area contributed by atoms with E-state index in [-0.39, 0.29) is 11.2 Å². The van der Waals surface area contributed by atoms with Crippen molar-refractivity contribution in [2.75, 3.05) is 0 Å². The Hall–Kier alpha value is -1.49. The summed E-state index contributed by atoms with van der Waals surface area (Å²) in [6.45, 7) is 2.05. The minimum atomic E-state index is -0.679. The predicted molar refractivity (Wildman–Crippen MR) is 75.5 cm³/mol. The molecule has 1 fully saturated rings. The van der Waals surface area contributed by atoms with Crippen LogP contribution in [0.25, 0.3) is 11.0 Å². The Kier molecular flexibility index (Phi) is 3.22. The minimum Gasteiger partial charge on any atom is -0.481 e. The largest absolute Gasteiger partial charge is 0.481 e. The molecule has 1 aromatic carbocycles. The molecule has 2 unspecified atom stereocenters. The second-order valence-corrected chi connectivity index (χ2v) is 6.32. The lowest BCUT2D eigenvalue weighted by Crippen LogP contribution is -2.20. The van der Waals surface area contributed by atoms with Crippen molar-refractivity contribution in [1.82, 2.24) is 9.97 Å². The van der Waals surface area contributed by atoms with Crippen molar-refractivity contribution in [1.29, 1.82) is 0 Å². The molecule has 0 saturated heterocycles. The number of aryl methyl sites for hydroxylation is 1. The van der Waals surface area contributed by atoms with Crippen LogP contribution in [-0.2, 0) is 4.79 Å². The normalized spacial score (nSPS) is 23.0. The van der Waals surface area contributed by atoms with Crippen molar-refractivity contribution in [2.45, 2.75) is 36.6 Å². The molecule has 1 heterocycles. The van der Waals surface area contributed by atoms with E-state index in [1.165, 1.54) is 5.56 Å². The van der Waals surface area contributed by atoms with Gasteiger partial charge in [-0.3, -0.25) is 4.79 Å². The summed E-state index contributed by atoms with van der Waals surface area (Å²) in [5, 5.41) is 10.2. The van der Waals surface area contributed by atoms with Crippen LogP contribution in [0.15, 0.2) is 23.4 Å². The van der Waals surface area contributed by atoms with Crippen LogP contribution in [0.3, 0.4) is 0 Å². The van der Waals surface area contributed by atoms with Gasteiger partial charge in [-0.05, 0) is 37.5 Å². The van der Waals surface area contributed by atoms with Gasteiger partial charge in [0.05, 0.1) is 17.0 Å². The highest BCUT2D eigenvalue weighted by Gasteiger charge is 2.34. The quantitative estimate of drug-likeness (QED) is 0.903. The summed E-state index contributed by atoms with van der Waals surface area (Å²) in [5.74, 6) is -0.915. The molecule has 1 aliphatic carbocycles. The number of benzene rings is 1. The van der Waals surface area contributed by atoms with Gasteiger partial charge in [0.1, 0.15) is 0 Å². The summed E-state index contributed by atoms with van der Waals surface area (Å²) in [6.07, 6.45) is 2.73. The number of carboxylic acid groups (broad SMARTS) is 1. The highest BCUT2D eigenvalue weighted by Crippen LogP contribution is 2.38. The lowest BCUT2D eigenvalue weighted by atomic mass is 10.1. The molecule has 2 aromatic rings. The molecule has 2 N–H and O–H groups in total. The van der Waals surface area contributed by atoms with Crippen LogP contribution in [0.1, 0.15) is 24.8 Å². The molecule has 100 valence electrons. The van der Waals surface area contributed by atoms with Gasteiger partial charge in [-0.2, -0.15) is 0 Å².